The maximum Gasteiger partial charge on any atom is 0.408 e. The molecule has 3 amide bonds. The van der Waals surface area contributed by atoms with Crippen molar-refractivity contribution in [2.24, 2.45) is 5.41 Å². The fourth-order valence-corrected chi connectivity index (χ4v) is 2.49. The van der Waals surface area contributed by atoms with Crippen molar-refractivity contribution in [1.29, 1.82) is 0 Å². The van der Waals surface area contributed by atoms with Gasteiger partial charge in [-0.2, -0.15) is 0 Å². The number of hydrogen-bond donors (Lipinski definition) is 3. The molecule has 2 atom stereocenters. The second kappa shape index (κ2) is 16.9. The molecule has 0 radical (unpaired) electrons. The molecule has 2 unspecified atom stereocenters. The third kappa shape index (κ3) is 14.8. The van der Waals surface area contributed by atoms with E-state index in [4.69, 9.17) is 9.47 Å². The number of hydrogen-bond acceptors (Lipinski definition) is 6. The molecule has 184 valence electrons. The first kappa shape index (κ1) is 31.4. The van der Waals surface area contributed by atoms with Gasteiger partial charge in [-0.25, -0.2) is 14.5 Å². The Bertz CT molecular complexity index is 498. The molecule has 0 aromatic rings. The van der Waals surface area contributed by atoms with Crippen LogP contribution in [-0.4, -0.2) is 61.6 Å². The molecule has 0 aromatic carbocycles. The molecule has 0 heterocycles. The van der Waals surface area contributed by atoms with Gasteiger partial charge in [-0.1, -0.05) is 47.5 Å². The van der Waals surface area contributed by atoms with E-state index in [2.05, 4.69) is 16.0 Å². The van der Waals surface area contributed by atoms with Gasteiger partial charge in [0, 0.05) is 31.6 Å². The summed E-state index contributed by atoms with van der Waals surface area (Å²) in [4.78, 5) is 37.9. The van der Waals surface area contributed by atoms with Crippen molar-refractivity contribution in [3.63, 3.8) is 0 Å². The highest BCUT2D eigenvalue weighted by molar-refractivity contribution is 5.85. The molecule has 0 aliphatic heterocycles. The van der Waals surface area contributed by atoms with E-state index in [0.29, 0.717) is 26.2 Å². The highest BCUT2D eigenvalue weighted by atomic mass is 35.5. The van der Waals surface area contributed by atoms with Crippen LogP contribution in [0.2, 0.25) is 0 Å². The van der Waals surface area contributed by atoms with Crippen molar-refractivity contribution < 1.29 is 23.9 Å². The molecular formula is C21H43ClN4O5. The summed E-state index contributed by atoms with van der Waals surface area (Å²) >= 11 is 0. The van der Waals surface area contributed by atoms with E-state index < -0.39 is 30.1 Å². The molecule has 0 aliphatic rings. The number of carbonyl (C=O) groups is 3. The average molecular weight is 467 g/mol. The van der Waals surface area contributed by atoms with Crippen LogP contribution in [0.4, 0.5) is 9.59 Å². The van der Waals surface area contributed by atoms with Gasteiger partial charge in [0.1, 0.15) is 0 Å². The van der Waals surface area contributed by atoms with Gasteiger partial charge in [0.05, 0.1) is 0 Å². The lowest BCUT2D eigenvalue weighted by molar-refractivity contribution is -0.129. The second-order valence-corrected chi connectivity index (χ2v) is 8.31. The lowest BCUT2D eigenvalue weighted by Crippen LogP contribution is -2.50. The molecule has 0 aliphatic carbocycles. The predicted molar refractivity (Wildman–Crippen MR) is 124 cm³/mol. The van der Waals surface area contributed by atoms with Crippen molar-refractivity contribution in [2.45, 2.75) is 86.6 Å². The Morgan fingerprint density at radius 2 is 1.23 bits per heavy atom. The number of halogens is 1. The third-order valence-electron chi connectivity index (χ3n) is 4.43. The lowest BCUT2D eigenvalue weighted by Gasteiger charge is -2.33. The second-order valence-electron chi connectivity index (χ2n) is 8.31. The zero-order chi connectivity index (χ0) is 23.2. The molecule has 0 saturated heterocycles. The molecule has 3 N–H and O–H groups in total. The Hall–Kier alpha value is -1.74. The summed E-state index contributed by atoms with van der Waals surface area (Å²) in [6.45, 7) is 14.7. The minimum Gasteiger partial charge on any atom is -0.430 e. The molecule has 0 aromatic heterocycles. The summed E-state index contributed by atoms with van der Waals surface area (Å²) < 4.78 is 10.9. The first-order valence-electron chi connectivity index (χ1n) is 11.0. The van der Waals surface area contributed by atoms with Gasteiger partial charge >= 0.3 is 12.2 Å². The summed E-state index contributed by atoms with van der Waals surface area (Å²) in [5.74, 6) is -0.0841. The minimum absolute atomic E-state index is 0. The SMILES string of the molecule is CCCCNC(=O)OC(C)N(CCNC(=O)C(C)(C)C)C(C)OC(=O)NCCCC.Cl. The number of alkyl carbamates (subject to hydrolysis) is 2. The van der Waals surface area contributed by atoms with Gasteiger partial charge in [0.25, 0.3) is 0 Å². The Morgan fingerprint density at radius 3 is 1.58 bits per heavy atom. The lowest BCUT2D eigenvalue weighted by atomic mass is 9.96. The van der Waals surface area contributed by atoms with Gasteiger partial charge in [-0.3, -0.25) is 4.79 Å². The van der Waals surface area contributed by atoms with E-state index in [1.165, 1.54) is 0 Å². The van der Waals surface area contributed by atoms with E-state index in [1.54, 1.807) is 18.7 Å². The fraction of sp³-hybridized carbons (Fsp3) is 0.857. The van der Waals surface area contributed by atoms with E-state index >= 15 is 0 Å². The fourth-order valence-electron chi connectivity index (χ4n) is 2.49. The summed E-state index contributed by atoms with van der Waals surface area (Å²) in [5.41, 5.74) is -0.507. The number of amides is 3. The Balaban J connectivity index is 0. The molecular weight excluding hydrogens is 424 g/mol. The van der Waals surface area contributed by atoms with Crippen LogP contribution in [0.25, 0.3) is 0 Å². The van der Waals surface area contributed by atoms with Crippen molar-refractivity contribution in [2.75, 3.05) is 26.2 Å². The number of carbonyl (C=O) groups excluding carboxylic acids is 3. The van der Waals surface area contributed by atoms with Gasteiger partial charge in [-0.05, 0) is 26.7 Å². The molecule has 0 fully saturated rings. The average Bonchev–Trinajstić information content (AvgIpc) is 2.64. The van der Waals surface area contributed by atoms with Gasteiger partial charge in [0.2, 0.25) is 5.91 Å². The van der Waals surface area contributed by atoms with Crippen LogP contribution in [0, 0.1) is 5.41 Å². The van der Waals surface area contributed by atoms with E-state index in [1.807, 2.05) is 34.6 Å². The Kier molecular flexibility index (Phi) is 17.1. The van der Waals surface area contributed by atoms with E-state index in [9.17, 15) is 14.4 Å². The first-order valence-corrected chi connectivity index (χ1v) is 11.0. The monoisotopic (exact) mass is 466 g/mol. The van der Waals surface area contributed by atoms with Crippen molar-refractivity contribution >= 4 is 30.5 Å². The smallest absolute Gasteiger partial charge is 0.408 e. The third-order valence-corrected chi connectivity index (χ3v) is 4.43. The van der Waals surface area contributed by atoms with Crippen LogP contribution in [-0.2, 0) is 14.3 Å². The van der Waals surface area contributed by atoms with Gasteiger partial charge in [0.15, 0.2) is 12.5 Å². The summed E-state index contributed by atoms with van der Waals surface area (Å²) in [6.07, 6.45) is 1.29. The largest absolute Gasteiger partial charge is 0.430 e. The zero-order valence-corrected chi connectivity index (χ0v) is 21.0. The summed E-state index contributed by atoms with van der Waals surface area (Å²) in [6, 6.07) is 0. The van der Waals surface area contributed by atoms with Crippen LogP contribution >= 0.6 is 12.4 Å². The topological polar surface area (TPSA) is 109 Å². The van der Waals surface area contributed by atoms with Crippen LogP contribution in [0.15, 0.2) is 0 Å². The van der Waals surface area contributed by atoms with Crippen LogP contribution in [0.1, 0.15) is 74.1 Å². The van der Waals surface area contributed by atoms with Crippen LogP contribution in [0.3, 0.4) is 0 Å². The Labute approximate surface area is 193 Å². The standard InChI is InChI=1S/C21H42N4O5.ClH/c1-8-10-12-23-19(27)29-16(3)25(15-14-22-18(26)21(5,6)7)17(4)30-20(28)24-13-11-9-2;/h16-17H,8-15H2,1-7H3,(H,22,26)(H,23,27)(H,24,28);1H. The van der Waals surface area contributed by atoms with E-state index in [0.717, 1.165) is 25.7 Å². The van der Waals surface area contributed by atoms with E-state index in [-0.39, 0.29) is 18.3 Å². The normalized spacial score (nSPS) is 12.9. The molecule has 0 spiro atoms. The molecule has 9 nitrogen and oxygen atoms in total. The number of nitrogens with zero attached hydrogens (tertiary/aromatic N) is 1. The zero-order valence-electron chi connectivity index (χ0n) is 20.2. The minimum atomic E-state index is -0.656. The van der Waals surface area contributed by atoms with Crippen LogP contribution in [0.5, 0.6) is 0 Å². The summed E-state index contributed by atoms with van der Waals surface area (Å²) in [7, 11) is 0. The van der Waals surface area contributed by atoms with Crippen molar-refractivity contribution in [3.05, 3.63) is 0 Å². The molecule has 10 heteroatoms. The number of unbranched alkanes of at least 4 members (excludes halogenated alkanes) is 2. The number of nitrogens with one attached hydrogen (secondary N) is 3. The predicted octanol–water partition coefficient (Wildman–Crippen LogP) is 3.62. The number of ether oxygens (including phenoxy) is 2. The quantitative estimate of drug-likeness (QED) is 0.282. The molecule has 0 rings (SSSR count). The maximum absolute atomic E-state index is 12.1. The van der Waals surface area contributed by atoms with Gasteiger partial charge in [-0.15, -0.1) is 12.4 Å². The van der Waals surface area contributed by atoms with Crippen molar-refractivity contribution in [1.82, 2.24) is 20.9 Å². The molecule has 31 heavy (non-hydrogen) atoms. The maximum atomic E-state index is 12.1. The van der Waals surface area contributed by atoms with Crippen molar-refractivity contribution in [3.8, 4) is 0 Å². The Morgan fingerprint density at radius 1 is 0.806 bits per heavy atom. The van der Waals surface area contributed by atoms with Gasteiger partial charge < -0.3 is 25.4 Å². The first-order chi connectivity index (χ1) is 14.0. The number of rotatable bonds is 13. The highest BCUT2D eigenvalue weighted by Crippen LogP contribution is 2.13. The molecule has 0 bridgehead atoms. The molecule has 0 saturated carbocycles. The highest BCUT2D eigenvalue weighted by Gasteiger charge is 2.27. The summed E-state index contributed by atoms with van der Waals surface area (Å²) in [5, 5.41) is 8.26. The van der Waals surface area contributed by atoms with Crippen LogP contribution < -0.4 is 16.0 Å².